The highest BCUT2D eigenvalue weighted by Gasteiger charge is 2.14. The second kappa shape index (κ2) is 10.1. The molecule has 3 aromatic rings. The Morgan fingerprint density at radius 2 is 1.66 bits per heavy atom. The third-order valence-corrected chi connectivity index (χ3v) is 4.35. The van der Waals surface area contributed by atoms with Gasteiger partial charge in [0.2, 0.25) is 0 Å². The number of nitrogens with one attached hydrogen (secondary N) is 2. The minimum Gasteiger partial charge on any atom is -0.493 e. The molecule has 29 heavy (non-hydrogen) atoms. The first kappa shape index (κ1) is 20.2. The average molecular weight is 392 g/mol. The van der Waals surface area contributed by atoms with Gasteiger partial charge in [0.15, 0.2) is 11.5 Å². The van der Waals surface area contributed by atoms with Crippen molar-refractivity contribution in [2.75, 3.05) is 19.0 Å². The molecule has 0 saturated heterocycles. The minimum absolute atomic E-state index is 0.203. The molecular formula is C23H24N2O4. The van der Waals surface area contributed by atoms with Gasteiger partial charge < -0.3 is 25.2 Å². The molecule has 0 radical (unpaired) electrons. The van der Waals surface area contributed by atoms with Gasteiger partial charge in [-0.2, -0.15) is 0 Å². The quantitative estimate of drug-likeness (QED) is 0.539. The van der Waals surface area contributed by atoms with Gasteiger partial charge in [-0.15, -0.1) is 0 Å². The molecule has 1 unspecified atom stereocenters. The van der Waals surface area contributed by atoms with Crippen LogP contribution < -0.4 is 20.1 Å². The van der Waals surface area contributed by atoms with Crippen molar-refractivity contribution in [2.45, 2.75) is 12.6 Å². The fourth-order valence-electron chi connectivity index (χ4n) is 2.85. The number of urea groups is 1. The number of rotatable bonds is 8. The first-order valence-electron chi connectivity index (χ1n) is 9.27. The summed E-state index contributed by atoms with van der Waals surface area (Å²) in [4.78, 5) is 12.4. The maximum atomic E-state index is 12.4. The zero-order chi connectivity index (χ0) is 20.5. The van der Waals surface area contributed by atoms with Gasteiger partial charge in [-0.25, -0.2) is 4.79 Å². The molecule has 0 aromatic heterocycles. The lowest BCUT2D eigenvalue weighted by atomic mass is 10.1. The lowest BCUT2D eigenvalue weighted by Crippen LogP contribution is -2.34. The summed E-state index contributed by atoms with van der Waals surface area (Å²) in [6.07, 6.45) is 0. The van der Waals surface area contributed by atoms with Gasteiger partial charge in [0.25, 0.3) is 0 Å². The van der Waals surface area contributed by atoms with E-state index in [0.29, 0.717) is 23.8 Å². The van der Waals surface area contributed by atoms with Gasteiger partial charge in [-0.05, 0) is 23.3 Å². The zero-order valence-corrected chi connectivity index (χ0v) is 16.2. The summed E-state index contributed by atoms with van der Waals surface area (Å²) in [7, 11) is 1.57. The topological polar surface area (TPSA) is 79.8 Å². The number of carbonyl (C=O) groups is 1. The molecule has 0 aliphatic heterocycles. The number of aliphatic hydroxyl groups is 1. The molecular weight excluding hydrogens is 368 g/mol. The van der Waals surface area contributed by atoms with E-state index < -0.39 is 12.1 Å². The molecule has 0 heterocycles. The number of amides is 2. The maximum absolute atomic E-state index is 12.4. The van der Waals surface area contributed by atoms with Crippen LogP contribution >= 0.6 is 0 Å². The summed E-state index contributed by atoms with van der Waals surface area (Å²) in [5, 5.41) is 15.1. The van der Waals surface area contributed by atoms with Gasteiger partial charge in [0.1, 0.15) is 6.61 Å². The Balaban J connectivity index is 1.66. The maximum Gasteiger partial charge on any atom is 0.319 e. The number of carbonyl (C=O) groups excluding carboxylic acids is 1. The predicted octanol–water partition coefficient (Wildman–Crippen LogP) is 4.13. The summed E-state index contributed by atoms with van der Waals surface area (Å²) in [6, 6.07) is 23.3. The fraction of sp³-hybridized carbons (Fsp3) is 0.174. The van der Waals surface area contributed by atoms with Crippen LogP contribution in [-0.4, -0.2) is 24.9 Å². The van der Waals surface area contributed by atoms with Crippen molar-refractivity contribution >= 4 is 11.7 Å². The van der Waals surface area contributed by atoms with Gasteiger partial charge in [-0.1, -0.05) is 60.7 Å². The van der Waals surface area contributed by atoms with Crippen molar-refractivity contribution in [3.8, 4) is 11.5 Å². The molecule has 3 aromatic carbocycles. The van der Waals surface area contributed by atoms with E-state index in [4.69, 9.17) is 9.47 Å². The van der Waals surface area contributed by atoms with Crippen LogP contribution in [0.5, 0.6) is 11.5 Å². The lowest BCUT2D eigenvalue weighted by molar-refractivity contribution is 0.225. The predicted molar refractivity (Wildman–Crippen MR) is 112 cm³/mol. The van der Waals surface area contributed by atoms with Crippen molar-refractivity contribution in [1.82, 2.24) is 5.32 Å². The Hall–Kier alpha value is -3.51. The highest BCUT2D eigenvalue weighted by Crippen LogP contribution is 2.31. The molecule has 150 valence electrons. The molecule has 0 aliphatic rings. The second-order valence-electron chi connectivity index (χ2n) is 6.38. The van der Waals surface area contributed by atoms with Gasteiger partial charge >= 0.3 is 6.03 Å². The third-order valence-electron chi connectivity index (χ3n) is 4.35. The summed E-state index contributed by atoms with van der Waals surface area (Å²) in [5.41, 5.74) is 2.40. The Morgan fingerprint density at radius 1 is 0.966 bits per heavy atom. The molecule has 0 bridgehead atoms. The summed E-state index contributed by atoms with van der Waals surface area (Å²) in [6.45, 7) is 0.179. The minimum atomic E-state index is -0.497. The molecule has 6 heteroatoms. The number of anilines is 1. The van der Waals surface area contributed by atoms with E-state index in [1.54, 1.807) is 25.3 Å². The van der Waals surface area contributed by atoms with Crippen LogP contribution in [0.3, 0.4) is 0 Å². The van der Waals surface area contributed by atoms with Crippen LogP contribution in [0.25, 0.3) is 0 Å². The van der Waals surface area contributed by atoms with E-state index in [0.717, 1.165) is 11.1 Å². The number of hydrogen-bond donors (Lipinski definition) is 3. The van der Waals surface area contributed by atoms with E-state index in [1.807, 2.05) is 60.7 Å². The van der Waals surface area contributed by atoms with Gasteiger partial charge in [0, 0.05) is 11.8 Å². The van der Waals surface area contributed by atoms with Crippen LogP contribution in [0.1, 0.15) is 17.2 Å². The standard InChI is InChI=1S/C23H24N2O4/c1-28-21-13-12-19(14-22(21)29-16-17-8-4-2-5-9-17)24-23(27)25-20(15-26)18-10-6-3-7-11-18/h2-14,20,26H,15-16H2,1H3,(H2,24,25,27). The summed E-state index contributed by atoms with van der Waals surface area (Å²) < 4.78 is 11.2. The van der Waals surface area contributed by atoms with Crippen molar-refractivity contribution in [3.63, 3.8) is 0 Å². The first-order chi connectivity index (χ1) is 14.2. The molecule has 0 fully saturated rings. The molecule has 0 aliphatic carbocycles. The number of hydrogen-bond acceptors (Lipinski definition) is 4. The zero-order valence-electron chi connectivity index (χ0n) is 16.2. The van der Waals surface area contributed by atoms with Crippen LogP contribution in [0, 0.1) is 0 Å². The van der Waals surface area contributed by atoms with Crippen LogP contribution in [-0.2, 0) is 6.61 Å². The number of benzene rings is 3. The fourth-order valence-corrected chi connectivity index (χ4v) is 2.85. The van der Waals surface area contributed by atoms with E-state index >= 15 is 0 Å². The SMILES string of the molecule is COc1ccc(NC(=O)NC(CO)c2ccccc2)cc1OCc1ccccc1. The third kappa shape index (κ3) is 5.73. The van der Waals surface area contributed by atoms with E-state index in [2.05, 4.69) is 10.6 Å². The monoisotopic (exact) mass is 392 g/mol. The highest BCUT2D eigenvalue weighted by atomic mass is 16.5. The normalized spacial score (nSPS) is 11.4. The van der Waals surface area contributed by atoms with E-state index in [1.165, 1.54) is 0 Å². The molecule has 3 N–H and O–H groups in total. The van der Waals surface area contributed by atoms with Crippen LogP contribution in [0.2, 0.25) is 0 Å². The van der Waals surface area contributed by atoms with Crippen molar-refractivity contribution in [3.05, 3.63) is 90.0 Å². The van der Waals surface area contributed by atoms with Crippen molar-refractivity contribution < 1.29 is 19.4 Å². The average Bonchev–Trinajstić information content (AvgIpc) is 2.77. The van der Waals surface area contributed by atoms with E-state index in [9.17, 15) is 9.90 Å². The summed E-state index contributed by atoms with van der Waals surface area (Å²) >= 11 is 0. The Labute approximate surface area is 170 Å². The van der Waals surface area contributed by atoms with E-state index in [-0.39, 0.29) is 6.61 Å². The Morgan fingerprint density at radius 3 is 2.31 bits per heavy atom. The Bertz CT molecular complexity index is 917. The van der Waals surface area contributed by atoms with Crippen LogP contribution in [0.15, 0.2) is 78.9 Å². The molecule has 0 spiro atoms. The molecule has 2 amide bonds. The summed E-state index contributed by atoms with van der Waals surface area (Å²) in [5.74, 6) is 1.10. The molecule has 3 rings (SSSR count). The Kier molecular flexibility index (Phi) is 7.08. The number of methoxy groups -OCH3 is 1. The van der Waals surface area contributed by atoms with Crippen molar-refractivity contribution in [2.24, 2.45) is 0 Å². The van der Waals surface area contributed by atoms with Crippen molar-refractivity contribution in [1.29, 1.82) is 0 Å². The highest BCUT2D eigenvalue weighted by molar-refractivity contribution is 5.90. The van der Waals surface area contributed by atoms with Gasteiger partial charge in [0.05, 0.1) is 19.8 Å². The molecule has 0 saturated carbocycles. The molecule has 1 atom stereocenters. The lowest BCUT2D eigenvalue weighted by Gasteiger charge is -2.18. The largest absolute Gasteiger partial charge is 0.493 e. The molecule has 6 nitrogen and oxygen atoms in total. The van der Waals surface area contributed by atoms with Gasteiger partial charge in [-0.3, -0.25) is 0 Å². The second-order valence-corrected chi connectivity index (χ2v) is 6.38. The smallest absolute Gasteiger partial charge is 0.319 e. The number of aliphatic hydroxyl groups excluding tert-OH is 1. The first-order valence-corrected chi connectivity index (χ1v) is 9.27. The van der Waals surface area contributed by atoms with Crippen LogP contribution in [0.4, 0.5) is 10.5 Å². The number of ether oxygens (including phenoxy) is 2.